The van der Waals surface area contributed by atoms with Crippen molar-refractivity contribution in [1.82, 2.24) is 4.98 Å². The highest BCUT2D eigenvalue weighted by Gasteiger charge is 2.24. The molecule has 26 heavy (non-hydrogen) atoms. The molecule has 0 radical (unpaired) electrons. The zero-order valence-corrected chi connectivity index (χ0v) is 15.6. The van der Waals surface area contributed by atoms with Crippen LogP contribution in [0.1, 0.15) is 42.5 Å². The second-order valence-electron chi connectivity index (χ2n) is 6.70. The van der Waals surface area contributed by atoms with Gasteiger partial charge in [-0.3, -0.25) is 4.79 Å². The van der Waals surface area contributed by atoms with Crippen molar-refractivity contribution in [3.05, 3.63) is 47.9 Å². The number of halogens is 1. The van der Waals surface area contributed by atoms with Gasteiger partial charge in [0, 0.05) is 17.4 Å². The number of nitrogens with two attached hydrogens (primary N) is 1. The topological polar surface area (TPSA) is 65.2 Å². The molecule has 1 saturated carbocycles. The first kappa shape index (κ1) is 18.9. The van der Waals surface area contributed by atoms with Crippen molar-refractivity contribution in [3.63, 3.8) is 0 Å². The van der Waals surface area contributed by atoms with Crippen LogP contribution in [0.5, 0.6) is 11.6 Å². The summed E-state index contributed by atoms with van der Waals surface area (Å²) in [7, 11) is 0. The molecule has 138 valence electrons. The van der Waals surface area contributed by atoms with Gasteiger partial charge in [0.2, 0.25) is 5.88 Å². The van der Waals surface area contributed by atoms with Crippen molar-refractivity contribution in [2.45, 2.75) is 43.0 Å². The van der Waals surface area contributed by atoms with Crippen molar-refractivity contribution >= 4 is 17.5 Å². The Morgan fingerprint density at radius 3 is 2.81 bits per heavy atom. The Balaban J connectivity index is 1.77. The van der Waals surface area contributed by atoms with Crippen molar-refractivity contribution in [2.24, 2.45) is 11.7 Å². The summed E-state index contributed by atoms with van der Waals surface area (Å²) in [6.07, 6.45) is 7.15. The van der Waals surface area contributed by atoms with Crippen LogP contribution in [-0.4, -0.2) is 23.1 Å². The number of nitrogens with zero attached hydrogens (tertiary/aromatic N) is 1. The Hall–Kier alpha value is -1.92. The molecule has 0 saturated heterocycles. The highest BCUT2D eigenvalue weighted by Crippen LogP contribution is 2.31. The lowest BCUT2D eigenvalue weighted by Gasteiger charge is -2.25. The van der Waals surface area contributed by atoms with Gasteiger partial charge in [-0.1, -0.05) is 6.07 Å². The molecule has 2 N–H and O–H groups in total. The van der Waals surface area contributed by atoms with Crippen LogP contribution in [-0.2, 0) is 0 Å². The molecule has 0 atom stereocenters. The number of ether oxygens (including phenoxy) is 1. The number of rotatable bonds is 6. The number of pyridine rings is 1. The first-order valence-electron chi connectivity index (χ1n) is 8.81. The van der Waals surface area contributed by atoms with E-state index in [-0.39, 0.29) is 23.3 Å². The van der Waals surface area contributed by atoms with E-state index in [1.807, 2.05) is 24.5 Å². The molecular formula is C20H23FN2O2S. The Kier molecular flexibility index (Phi) is 6.27. The number of ketones is 1. The van der Waals surface area contributed by atoms with E-state index in [4.69, 9.17) is 10.5 Å². The molecular weight excluding hydrogens is 351 g/mol. The average Bonchev–Trinajstić information content (AvgIpc) is 2.65. The van der Waals surface area contributed by atoms with E-state index in [0.717, 1.165) is 36.8 Å². The van der Waals surface area contributed by atoms with Crippen LogP contribution in [0.15, 0.2) is 41.4 Å². The Morgan fingerprint density at radius 2 is 2.08 bits per heavy atom. The zero-order valence-electron chi connectivity index (χ0n) is 14.8. The second-order valence-corrected chi connectivity index (χ2v) is 7.58. The predicted octanol–water partition coefficient (Wildman–Crippen LogP) is 4.83. The van der Waals surface area contributed by atoms with Crippen LogP contribution in [0.4, 0.5) is 4.39 Å². The number of aromatic nitrogens is 1. The summed E-state index contributed by atoms with van der Waals surface area (Å²) in [5, 5.41) is 0. The van der Waals surface area contributed by atoms with Gasteiger partial charge in [0.05, 0.1) is 11.8 Å². The van der Waals surface area contributed by atoms with Gasteiger partial charge in [0.15, 0.2) is 5.78 Å². The van der Waals surface area contributed by atoms with Gasteiger partial charge in [-0.05, 0) is 62.1 Å². The zero-order chi connectivity index (χ0) is 18.5. The van der Waals surface area contributed by atoms with Gasteiger partial charge < -0.3 is 10.5 Å². The molecule has 1 heterocycles. The van der Waals surface area contributed by atoms with Crippen molar-refractivity contribution in [2.75, 3.05) is 6.26 Å². The largest absolute Gasteiger partial charge is 0.438 e. The van der Waals surface area contributed by atoms with Crippen molar-refractivity contribution in [3.8, 4) is 11.6 Å². The lowest BCUT2D eigenvalue weighted by molar-refractivity contribution is 0.0944. The van der Waals surface area contributed by atoms with E-state index in [2.05, 4.69) is 4.98 Å². The standard InChI is InChI=1S/C20H23FN2O2S/c1-26-17-4-2-3-16(11-17)25-20-18(10-14(21)12-23-20)19(24)9-13-5-7-15(22)8-6-13/h2-4,10-13,15H,5-9,22H2,1H3. The summed E-state index contributed by atoms with van der Waals surface area (Å²) in [6.45, 7) is 0. The number of carbonyl (C=O) groups excluding carboxylic acids is 1. The normalized spacial score (nSPS) is 20.0. The third-order valence-electron chi connectivity index (χ3n) is 4.74. The summed E-state index contributed by atoms with van der Waals surface area (Å²) >= 11 is 1.59. The summed E-state index contributed by atoms with van der Waals surface area (Å²) in [4.78, 5) is 17.8. The molecule has 4 nitrogen and oxygen atoms in total. The van der Waals surface area contributed by atoms with Crippen LogP contribution in [0.25, 0.3) is 0 Å². The van der Waals surface area contributed by atoms with Crippen LogP contribution < -0.4 is 10.5 Å². The fourth-order valence-electron chi connectivity index (χ4n) is 3.25. The lowest BCUT2D eigenvalue weighted by Crippen LogP contribution is -2.27. The van der Waals surface area contributed by atoms with Gasteiger partial charge in [-0.15, -0.1) is 11.8 Å². The molecule has 1 aromatic heterocycles. The predicted molar refractivity (Wildman–Crippen MR) is 101 cm³/mol. The van der Waals surface area contributed by atoms with E-state index in [1.165, 1.54) is 6.07 Å². The van der Waals surface area contributed by atoms with Crippen molar-refractivity contribution in [1.29, 1.82) is 0 Å². The molecule has 1 aliphatic rings. The summed E-state index contributed by atoms with van der Waals surface area (Å²) in [5.74, 6) is 0.353. The van der Waals surface area contributed by atoms with Crippen LogP contribution in [0, 0.1) is 11.7 Å². The number of hydrogen-bond donors (Lipinski definition) is 1. The minimum absolute atomic E-state index is 0.131. The Bertz CT molecular complexity index is 776. The molecule has 0 aliphatic heterocycles. The summed E-state index contributed by atoms with van der Waals surface area (Å²) in [5.41, 5.74) is 6.13. The molecule has 6 heteroatoms. The maximum absolute atomic E-state index is 13.7. The highest BCUT2D eigenvalue weighted by atomic mass is 32.2. The number of hydrogen-bond acceptors (Lipinski definition) is 5. The molecule has 0 unspecified atom stereocenters. The first-order valence-corrected chi connectivity index (χ1v) is 10.0. The molecule has 0 bridgehead atoms. The van der Waals surface area contributed by atoms with E-state index in [0.29, 0.717) is 18.1 Å². The molecule has 2 aromatic rings. The van der Waals surface area contributed by atoms with Gasteiger partial charge >= 0.3 is 0 Å². The minimum atomic E-state index is -0.538. The van der Waals surface area contributed by atoms with Gasteiger partial charge in [-0.2, -0.15) is 0 Å². The van der Waals surface area contributed by atoms with E-state index in [1.54, 1.807) is 17.8 Å². The SMILES string of the molecule is CSc1cccc(Oc2ncc(F)cc2C(=O)CC2CCC(N)CC2)c1. The summed E-state index contributed by atoms with van der Waals surface area (Å²) < 4.78 is 19.5. The monoisotopic (exact) mass is 374 g/mol. The fraction of sp³-hybridized carbons (Fsp3) is 0.400. The highest BCUT2D eigenvalue weighted by molar-refractivity contribution is 7.98. The van der Waals surface area contributed by atoms with Crippen LogP contribution in [0.3, 0.4) is 0 Å². The van der Waals surface area contributed by atoms with Crippen molar-refractivity contribution < 1.29 is 13.9 Å². The second kappa shape index (κ2) is 8.64. The smallest absolute Gasteiger partial charge is 0.230 e. The fourth-order valence-corrected chi connectivity index (χ4v) is 3.70. The third kappa shape index (κ3) is 4.83. The first-order chi connectivity index (χ1) is 12.5. The average molecular weight is 374 g/mol. The molecule has 1 fully saturated rings. The van der Waals surface area contributed by atoms with E-state index in [9.17, 15) is 9.18 Å². The Labute approximate surface area is 157 Å². The van der Waals surface area contributed by atoms with Gasteiger partial charge in [0.25, 0.3) is 0 Å². The number of benzene rings is 1. The maximum Gasteiger partial charge on any atom is 0.230 e. The molecule has 0 amide bonds. The number of thioether (sulfide) groups is 1. The lowest BCUT2D eigenvalue weighted by atomic mass is 9.83. The van der Waals surface area contributed by atoms with Gasteiger partial charge in [0.1, 0.15) is 11.6 Å². The van der Waals surface area contributed by atoms with Gasteiger partial charge in [-0.25, -0.2) is 9.37 Å². The summed E-state index contributed by atoms with van der Waals surface area (Å²) in [6, 6.07) is 8.96. The Morgan fingerprint density at radius 1 is 1.31 bits per heavy atom. The minimum Gasteiger partial charge on any atom is -0.438 e. The number of carbonyl (C=O) groups is 1. The van der Waals surface area contributed by atoms with E-state index < -0.39 is 5.82 Å². The third-order valence-corrected chi connectivity index (χ3v) is 5.46. The molecule has 1 aliphatic carbocycles. The molecule has 3 rings (SSSR count). The quantitative estimate of drug-likeness (QED) is 0.580. The van der Waals surface area contributed by atoms with E-state index >= 15 is 0 Å². The molecule has 0 spiro atoms. The maximum atomic E-state index is 13.7. The number of Topliss-reactive ketones (excluding diaryl/α,β-unsaturated/α-hetero) is 1. The van der Waals surface area contributed by atoms with Crippen LogP contribution in [0.2, 0.25) is 0 Å². The van der Waals surface area contributed by atoms with Crippen LogP contribution >= 0.6 is 11.8 Å². The molecule has 1 aromatic carbocycles.